The molecule has 2 unspecified atom stereocenters. The first kappa shape index (κ1) is 17.6. The summed E-state index contributed by atoms with van der Waals surface area (Å²) in [6.45, 7) is 5.36. The maximum atomic E-state index is 13.3. The lowest BCUT2D eigenvalue weighted by molar-refractivity contribution is 0.0777. The molecule has 5 heteroatoms. The van der Waals surface area contributed by atoms with Gasteiger partial charge in [0.15, 0.2) is 0 Å². The van der Waals surface area contributed by atoms with Crippen molar-refractivity contribution in [3.63, 3.8) is 0 Å². The molecule has 0 bridgehead atoms. The number of aliphatic hydroxyl groups excluding tert-OH is 1. The number of furan rings is 1. The minimum Gasteiger partial charge on any atom is -0.460 e. The lowest BCUT2D eigenvalue weighted by Crippen LogP contribution is -2.38. The molecule has 0 radical (unpaired) electrons. The summed E-state index contributed by atoms with van der Waals surface area (Å²) >= 11 is 0. The van der Waals surface area contributed by atoms with E-state index in [0.29, 0.717) is 6.04 Å². The number of aliphatic hydroxyl groups is 1. The molecule has 2 atom stereocenters. The Hall–Kier alpha value is -1.85. The van der Waals surface area contributed by atoms with E-state index in [9.17, 15) is 9.90 Å². The Bertz CT molecular complexity index is 785. The Balaban J connectivity index is 1.56. The number of nitrogens with zero attached hydrogens (tertiary/aromatic N) is 2. The van der Waals surface area contributed by atoms with Crippen LogP contribution in [0.5, 0.6) is 0 Å². The molecular formula is C21H28N2O3. The fourth-order valence-corrected chi connectivity index (χ4v) is 4.33. The monoisotopic (exact) mass is 356 g/mol. The molecule has 2 fully saturated rings. The molecule has 1 aromatic heterocycles. The van der Waals surface area contributed by atoms with Gasteiger partial charge >= 0.3 is 0 Å². The van der Waals surface area contributed by atoms with Gasteiger partial charge in [-0.25, -0.2) is 0 Å². The zero-order valence-corrected chi connectivity index (χ0v) is 15.5. The van der Waals surface area contributed by atoms with E-state index in [1.165, 1.54) is 0 Å². The predicted octanol–water partition coefficient (Wildman–Crippen LogP) is 3.06. The van der Waals surface area contributed by atoms with Crippen molar-refractivity contribution in [1.82, 2.24) is 9.80 Å². The summed E-state index contributed by atoms with van der Waals surface area (Å²) in [6.07, 6.45) is 4.53. The average Bonchev–Trinajstić information content (AvgIpc) is 3.36. The minimum absolute atomic E-state index is 0.100. The maximum absolute atomic E-state index is 13.3. The molecule has 0 spiro atoms. The highest BCUT2D eigenvalue weighted by atomic mass is 16.3. The van der Waals surface area contributed by atoms with Gasteiger partial charge in [0, 0.05) is 44.0 Å². The number of carbonyl (C=O) groups excluding carboxylic acids is 1. The smallest absolute Gasteiger partial charge is 0.258 e. The summed E-state index contributed by atoms with van der Waals surface area (Å²) < 4.78 is 6.03. The van der Waals surface area contributed by atoms with Crippen LogP contribution in [-0.2, 0) is 6.42 Å². The number of amides is 1. The molecule has 26 heavy (non-hydrogen) atoms. The number of para-hydroxylation sites is 1. The summed E-state index contributed by atoms with van der Waals surface area (Å²) in [5.74, 6) is 0.932. The summed E-state index contributed by atoms with van der Waals surface area (Å²) in [4.78, 5) is 17.6. The average molecular weight is 356 g/mol. The van der Waals surface area contributed by atoms with Crippen molar-refractivity contribution < 1.29 is 14.3 Å². The van der Waals surface area contributed by atoms with E-state index in [2.05, 4.69) is 11.8 Å². The quantitative estimate of drug-likeness (QED) is 0.895. The van der Waals surface area contributed by atoms with Crippen molar-refractivity contribution in [1.29, 1.82) is 0 Å². The maximum Gasteiger partial charge on any atom is 0.258 e. The molecule has 1 amide bonds. The fourth-order valence-electron chi connectivity index (χ4n) is 4.33. The van der Waals surface area contributed by atoms with Crippen molar-refractivity contribution >= 4 is 16.9 Å². The van der Waals surface area contributed by atoms with Gasteiger partial charge in [-0.1, -0.05) is 31.5 Å². The molecule has 2 aromatic rings. The van der Waals surface area contributed by atoms with E-state index in [4.69, 9.17) is 4.42 Å². The van der Waals surface area contributed by atoms with Crippen molar-refractivity contribution in [3.8, 4) is 0 Å². The van der Waals surface area contributed by atoms with Gasteiger partial charge in [-0.05, 0) is 25.3 Å². The van der Waals surface area contributed by atoms with Crippen LogP contribution in [-0.4, -0.2) is 59.1 Å². The second-order valence-corrected chi connectivity index (χ2v) is 7.63. The summed E-state index contributed by atoms with van der Waals surface area (Å²) in [6, 6.07) is 8.23. The Labute approximate surface area is 154 Å². The molecule has 1 aromatic carbocycles. The summed E-state index contributed by atoms with van der Waals surface area (Å²) in [5.41, 5.74) is 1.57. The van der Waals surface area contributed by atoms with Gasteiger partial charge in [0.1, 0.15) is 11.3 Å². The van der Waals surface area contributed by atoms with Crippen LogP contribution in [0.3, 0.4) is 0 Å². The number of hydrogen-bond acceptors (Lipinski definition) is 4. The predicted molar refractivity (Wildman–Crippen MR) is 101 cm³/mol. The molecule has 2 saturated heterocycles. The normalized spacial score (nSPS) is 24.0. The Morgan fingerprint density at radius 1 is 1.23 bits per heavy atom. The third-order valence-corrected chi connectivity index (χ3v) is 5.80. The molecule has 140 valence electrons. The molecular weight excluding hydrogens is 328 g/mol. The van der Waals surface area contributed by atoms with Gasteiger partial charge in [0.25, 0.3) is 5.91 Å². The van der Waals surface area contributed by atoms with Gasteiger partial charge in [-0.3, -0.25) is 9.69 Å². The third kappa shape index (κ3) is 3.26. The Morgan fingerprint density at radius 3 is 2.85 bits per heavy atom. The number of benzene rings is 1. The lowest BCUT2D eigenvalue weighted by atomic mass is 10.1. The topological polar surface area (TPSA) is 56.9 Å². The zero-order valence-electron chi connectivity index (χ0n) is 15.5. The summed E-state index contributed by atoms with van der Waals surface area (Å²) in [5, 5.41) is 10.7. The van der Waals surface area contributed by atoms with Crippen molar-refractivity contribution in [2.75, 3.05) is 26.2 Å². The second kappa shape index (κ2) is 7.41. The van der Waals surface area contributed by atoms with Crippen LogP contribution in [0.1, 0.15) is 48.7 Å². The highest BCUT2D eigenvalue weighted by molar-refractivity contribution is 6.07. The van der Waals surface area contributed by atoms with Gasteiger partial charge in [-0.15, -0.1) is 0 Å². The first-order valence-electron chi connectivity index (χ1n) is 9.89. The number of β-amino-alcohol motifs (C(OH)–C–C–N with tert-alkyl or cyclic N) is 1. The molecule has 3 heterocycles. The van der Waals surface area contributed by atoms with E-state index in [-0.39, 0.29) is 12.0 Å². The van der Waals surface area contributed by atoms with E-state index in [0.717, 1.165) is 80.6 Å². The lowest BCUT2D eigenvalue weighted by Gasteiger charge is -2.23. The first-order chi connectivity index (χ1) is 12.7. The highest BCUT2D eigenvalue weighted by Gasteiger charge is 2.35. The van der Waals surface area contributed by atoms with Crippen LogP contribution >= 0.6 is 0 Å². The standard InChI is InChI=1S/C21H28N2O3/c1-2-3-7-19-20(17-6-4-5-8-18(17)26-19)21(25)23-11-9-15(13-23)22-12-10-16(24)14-22/h4-6,8,15-16,24H,2-3,7,9-14H2,1H3. The third-order valence-electron chi connectivity index (χ3n) is 5.80. The number of likely N-dealkylation sites (tertiary alicyclic amines) is 2. The minimum atomic E-state index is -0.210. The second-order valence-electron chi connectivity index (χ2n) is 7.63. The number of rotatable bonds is 5. The number of unbranched alkanes of at least 4 members (excludes halogenated alkanes) is 1. The highest BCUT2D eigenvalue weighted by Crippen LogP contribution is 2.30. The number of hydrogen-bond donors (Lipinski definition) is 1. The Kier molecular flexibility index (Phi) is 5.00. The molecule has 2 aliphatic rings. The van der Waals surface area contributed by atoms with Crippen LogP contribution in [0.25, 0.3) is 11.0 Å². The van der Waals surface area contributed by atoms with Crippen LogP contribution in [0.15, 0.2) is 28.7 Å². The first-order valence-corrected chi connectivity index (χ1v) is 9.89. The fraction of sp³-hybridized carbons (Fsp3) is 0.571. The van der Waals surface area contributed by atoms with E-state index in [1.807, 2.05) is 29.2 Å². The van der Waals surface area contributed by atoms with Crippen LogP contribution in [0, 0.1) is 0 Å². The van der Waals surface area contributed by atoms with Crippen molar-refractivity contribution in [2.24, 2.45) is 0 Å². The number of aryl methyl sites for hydroxylation is 1. The van der Waals surface area contributed by atoms with Crippen LogP contribution < -0.4 is 0 Å². The van der Waals surface area contributed by atoms with E-state index in [1.54, 1.807) is 0 Å². The Morgan fingerprint density at radius 2 is 2.08 bits per heavy atom. The largest absolute Gasteiger partial charge is 0.460 e. The van der Waals surface area contributed by atoms with Gasteiger partial charge in [-0.2, -0.15) is 0 Å². The van der Waals surface area contributed by atoms with Crippen LogP contribution in [0.4, 0.5) is 0 Å². The van der Waals surface area contributed by atoms with Gasteiger partial charge < -0.3 is 14.4 Å². The van der Waals surface area contributed by atoms with Crippen LogP contribution in [0.2, 0.25) is 0 Å². The molecule has 0 saturated carbocycles. The number of carbonyl (C=O) groups is 1. The zero-order chi connectivity index (χ0) is 18.1. The van der Waals surface area contributed by atoms with Crippen molar-refractivity contribution in [2.45, 2.75) is 51.2 Å². The molecule has 2 aliphatic heterocycles. The molecule has 4 rings (SSSR count). The molecule has 1 N–H and O–H groups in total. The SMILES string of the molecule is CCCCc1oc2ccccc2c1C(=O)N1CCC(N2CCC(O)C2)C1. The summed E-state index contributed by atoms with van der Waals surface area (Å²) in [7, 11) is 0. The van der Waals surface area contributed by atoms with E-state index >= 15 is 0 Å². The van der Waals surface area contributed by atoms with Gasteiger partial charge in [0.05, 0.1) is 11.7 Å². The van der Waals surface area contributed by atoms with E-state index < -0.39 is 0 Å². The number of fused-ring (bicyclic) bond motifs is 1. The van der Waals surface area contributed by atoms with Gasteiger partial charge in [0.2, 0.25) is 0 Å². The van der Waals surface area contributed by atoms with Crippen molar-refractivity contribution in [3.05, 3.63) is 35.6 Å². The molecule has 0 aliphatic carbocycles. The molecule has 5 nitrogen and oxygen atoms in total.